The van der Waals surface area contributed by atoms with E-state index in [9.17, 15) is 9.59 Å². The molecule has 0 fully saturated rings. The van der Waals surface area contributed by atoms with Gasteiger partial charge in [-0.25, -0.2) is 4.79 Å². The van der Waals surface area contributed by atoms with Crippen LogP contribution in [0.4, 0.5) is 4.79 Å². The molecule has 6 heteroatoms. The molecule has 4 aromatic carbocycles. The first kappa shape index (κ1) is 28.9. The summed E-state index contributed by atoms with van der Waals surface area (Å²) in [4.78, 5) is 26.7. The van der Waals surface area contributed by atoms with E-state index in [1.54, 1.807) is 0 Å². The Morgan fingerprint density at radius 3 is 1.93 bits per heavy atom. The lowest BCUT2D eigenvalue weighted by Gasteiger charge is -2.23. The second-order valence-electron chi connectivity index (χ2n) is 11.7. The fourth-order valence-electron chi connectivity index (χ4n) is 5.41. The quantitative estimate of drug-likeness (QED) is 0.226. The maximum absolute atomic E-state index is 13.5. The van der Waals surface area contributed by atoms with E-state index in [1.807, 2.05) is 107 Å². The zero-order chi connectivity index (χ0) is 29.7. The van der Waals surface area contributed by atoms with Gasteiger partial charge in [-0.15, -0.1) is 0 Å². The van der Waals surface area contributed by atoms with Gasteiger partial charge in [0.15, 0.2) is 0 Å². The molecule has 2 atom stereocenters. The minimum atomic E-state index is -0.832. The van der Waals surface area contributed by atoms with E-state index in [-0.39, 0.29) is 30.1 Å². The van der Waals surface area contributed by atoms with Gasteiger partial charge in [-0.3, -0.25) is 4.79 Å². The lowest BCUT2D eigenvalue weighted by molar-refractivity contribution is -0.123. The molecule has 0 unspecified atom stereocenters. The van der Waals surface area contributed by atoms with Crippen molar-refractivity contribution in [3.05, 3.63) is 125 Å². The highest BCUT2D eigenvalue weighted by Crippen LogP contribution is 2.44. The summed E-state index contributed by atoms with van der Waals surface area (Å²) < 4.78 is 11.7. The van der Waals surface area contributed by atoms with Gasteiger partial charge in [0.05, 0.1) is 6.04 Å². The Kier molecular flexibility index (Phi) is 8.62. The summed E-state index contributed by atoms with van der Waals surface area (Å²) in [5, 5.41) is 5.90. The molecule has 1 aliphatic carbocycles. The highest BCUT2D eigenvalue weighted by Gasteiger charge is 2.30. The molecule has 2 amide bonds. The Labute approximate surface area is 248 Å². The summed E-state index contributed by atoms with van der Waals surface area (Å²) in [5.41, 5.74) is 6.15. The van der Waals surface area contributed by atoms with Gasteiger partial charge in [0.1, 0.15) is 24.0 Å². The summed E-state index contributed by atoms with van der Waals surface area (Å²) in [7, 11) is 0. The molecule has 42 heavy (non-hydrogen) atoms. The van der Waals surface area contributed by atoms with Crippen LogP contribution in [-0.4, -0.2) is 30.3 Å². The SMILES string of the molecule is C[C@H](NC(=O)[C@H](Cc1ccc(OC(C)(C)C)cc1)NC(=O)OCC1c2ccccc2-c2ccccc21)c1ccccc1. The summed E-state index contributed by atoms with van der Waals surface area (Å²) in [6.07, 6.45) is -0.329. The van der Waals surface area contributed by atoms with Crippen molar-refractivity contribution >= 4 is 12.0 Å². The molecule has 0 aliphatic heterocycles. The van der Waals surface area contributed by atoms with E-state index in [2.05, 4.69) is 34.9 Å². The number of alkyl carbamates (subject to hydrolysis) is 1. The van der Waals surface area contributed by atoms with Crippen molar-refractivity contribution in [1.29, 1.82) is 0 Å². The number of ether oxygens (including phenoxy) is 2. The van der Waals surface area contributed by atoms with Gasteiger partial charge >= 0.3 is 6.09 Å². The first-order valence-corrected chi connectivity index (χ1v) is 14.4. The molecular weight excluding hydrogens is 524 g/mol. The van der Waals surface area contributed by atoms with Crippen molar-refractivity contribution in [2.24, 2.45) is 0 Å². The third-order valence-electron chi connectivity index (χ3n) is 7.40. The first-order chi connectivity index (χ1) is 20.2. The Bertz CT molecular complexity index is 1480. The van der Waals surface area contributed by atoms with Gasteiger partial charge in [0, 0.05) is 12.3 Å². The molecule has 0 spiro atoms. The number of carbonyl (C=O) groups excluding carboxylic acids is 2. The average molecular weight is 563 g/mol. The second kappa shape index (κ2) is 12.5. The Morgan fingerprint density at radius 1 is 0.762 bits per heavy atom. The largest absolute Gasteiger partial charge is 0.488 e. The number of hydrogen-bond acceptors (Lipinski definition) is 4. The summed E-state index contributed by atoms with van der Waals surface area (Å²) in [6, 6.07) is 32.7. The van der Waals surface area contributed by atoms with Crippen LogP contribution in [0.2, 0.25) is 0 Å². The molecule has 0 saturated heterocycles. The number of nitrogens with one attached hydrogen (secondary N) is 2. The van der Waals surface area contributed by atoms with Crippen LogP contribution in [0.1, 0.15) is 61.9 Å². The molecule has 5 rings (SSSR count). The van der Waals surface area contributed by atoms with Crippen LogP contribution in [0.25, 0.3) is 11.1 Å². The van der Waals surface area contributed by atoms with E-state index in [0.717, 1.165) is 39.1 Å². The minimum absolute atomic E-state index is 0.0658. The smallest absolute Gasteiger partial charge is 0.407 e. The third kappa shape index (κ3) is 7.00. The van der Waals surface area contributed by atoms with Gasteiger partial charge < -0.3 is 20.1 Å². The Hall–Kier alpha value is -4.58. The van der Waals surface area contributed by atoms with Gasteiger partial charge in [-0.05, 0) is 73.2 Å². The first-order valence-electron chi connectivity index (χ1n) is 14.4. The van der Waals surface area contributed by atoms with Crippen molar-refractivity contribution < 1.29 is 19.1 Å². The Morgan fingerprint density at radius 2 is 1.33 bits per heavy atom. The fourth-order valence-corrected chi connectivity index (χ4v) is 5.41. The molecule has 2 N–H and O–H groups in total. The molecule has 0 radical (unpaired) electrons. The highest BCUT2D eigenvalue weighted by molar-refractivity contribution is 5.86. The Balaban J connectivity index is 1.29. The average Bonchev–Trinajstić information content (AvgIpc) is 3.30. The van der Waals surface area contributed by atoms with Crippen molar-refractivity contribution in [1.82, 2.24) is 10.6 Å². The van der Waals surface area contributed by atoms with Crippen LogP contribution in [-0.2, 0) is 16.0 Å². The molecular formula is C36H38N2O4. The van der Waals surface area contributed by atoms with Gasteiger partial charge in [-0.1, -0.05) is 91.0 Å². The maximum atomic E-state index is 13.5. The number of fused-ring (bicyclic) bond motifs is 3. The highest BCUT2D eigenvalue weighted by atomic mass is 16.5. The zero-order valence-corrected chi connectivity index (χ0v) is 24.6. The van der Waals surface area contributed by atoms with Gasteiger partial charge in [0.2, 0.25) is 5.91 Å². The number of carbonyl (C=O) groups is 2. The summed E-state index contributed by atoms with van der Waals surface area (Å²) >= 11 is 0. The second-order valence-corrected chi connectivity index (χ2v) is 11.7. The zero-order valence-electron chi connectivity index (χ0n) is 24.6. The molecule has 0 heterocycles. The molecule has 0 saturated carbocycles. The van der Waals surface area contributed by atoms with E-state index in [0.29, 0.717) is 6.42 Å². The molecule has 4 aromatic rings. The van der Waals surface area contributed by atoms with Crippen molar-refractivity contribution in [3.8, 4) is 16.9 Å². The number of rotatable bonds is 9. The van der Waals surface area contributed by atoms with E-state index < -0.39 is 12.1 Å². The van der Waals surface area contributed by atoms with E-state index in [1.165, 1.54) is 0 Å². The van der Waals surface area contributed by atoms with Crippen molar-refractivity contribution in [3.63, 3.8) is 0 Å². The van der Waals surface area contributed by atoms with Crippen LogP contribution in [0.5, 0.6) is 5.75 Å². The maximum Gasteiger partial charge on any atom is 0.407 e. The van der Waals surface area contributed by atoms with Crippen LogP contribution >= 0.6 is 0 Å². The van der Waals surface area contributed by atoms with Crippen LogP contribution < -0.4 is 15.4 Å². The lowest BCUT2D eigenvalue weighted by atomic mass is 9.98. The van der Waals surface area contributed by atoms with E-state index in [4.69, 9.17) is 9.47 Å². The monoisotopic (exact) mass is 562 g/mol. The van der Waals surface area contributed by atoms with Crippen LogP contribution in [0.15, 0.2) is 103 Å². The minimum Gasteiger partial charge on any atom is -0.488 e. The predicted molar refractivity (Wildman–Crippen MR) is 166 cm³/mol. The van der Waals surface area contributed by atoms with E-state index >= 15 is 0 Å². The molecule has 1 aliphatic rings. The standard InChI is InChI=1S/C36H38N2O4/c1-24(26-12-6-5-7-13-26)37-34(39)33(22-25-18-20-27(21-19-25)42-36(2,3)4)38-35(40)41-23-32-30-16-10-8-14-28(30)29-15-9-11-17-31(29)32/h5-21,24,32-33H,22-23H2,1-4H3,(H,37,39)(H,38,40)/t24-,33-/m0/s1. The number of amides is 2. The van der Waals surface area contributed by atoms with Crippen molar-refractivity contribution in [2.45, 2.75) is 57.7 Å². The normalized spacial score (nSPS) is 13.8. The number of benzene rings is 4. The molecule has 0 bridgehead atoms. The summed E-state index contributed by atoms with van der Waals surface area (Å²) in [5.74, 6) is 0.396. The third-order valence-corrected chi connectivity index (χ3v) is 7.40. The van der Waals surface area contributed by atoms with Gasteiger partial charge in [-0.2, -0.15) is 0 Å². The molecule has 216 valence electrons. The predicted octanol–water partition coefficient (Wildman–Crippen LogP) is 7.19. The fraction of sp³-hybridized carbons (Fsp3) is 0.278. The topological polar surface area (TPSA) is 76.7 Å². The van der Waals surface area contributed by atoms with Crippen LogP contribution in [0.3, 0.4) is 0 Å². The van der Waals surface area contributed by atoms with Gasteiger partial charge in [0.25, 0.3) is 0 Å². The molecule has 6 nitrogen and oxygen atoms in total. The van der Waals surface area contributed by atoms with Crippen molar-refractivity contribution in [2.75, 3.05) is 6.61 Å². The number of hydrogen-bond donors (Lipinski definition) is 2. The van der Waals surface area contributed by atoms with Crippen LogP contribution in [0, 0.1) is 0 Å². The molecule has 0 aromatic heterocycles. The lowest BCUT2D eigenvalue weighted by Crippen LogP contribution is -2.48. The summed E-state index contributed by atoms with van der Waals surface area (Å²) in [6.45, 7) is 8.08.